The molecule has 24 heavy (non-hydrogen) atoms. The molecule has 0 aliphatic carbocycles. The van der Waals surface area contributed by atoms with Crippen molar-refractivity contribution in [2.75, 3.05) is 20.2 Å². The van der Waals surface area contributed by atoms with Crippen molar-refractivity contribution >= 4 is 5.91 Å². The number of ether oxygens (including phenoxy) is 1. The lowest BCUT2D eigenvalue weighted by Gasteiger charge is -2.22. The average Bonchev–Trinajstić information content (AvgIpc) is 3.11. The monoisotopic (exact) mass is 329 g/mol. The highest BCUT2D eigenvalue weighted by atomic mass is 16.5. The van der Waals surface area contributed by atoms with E-state index in [9.17, 15) is 4.79 Å². The minimum Gasteiger partial charge on any atom is -0.380 e. The molecule has 1 aromatic heterocycles. The van der Waals surface area contributed by atoms with E-state index < -0.39 is 0 Å². The maximum Gasteiger partial charge on any atom is 0.273 e. The van der Waals surface area contributed by atoms with E-state index >= 15 is 0 Å². The molecular formula is C17H23N5O2. The number of carbonyl (C=O) groups is 1. The molecule has 2 N–H and O–H groups in total. The van der Waals surface area contributed by atoms with Gasteiger partial charge in [-0.2, -0.15) is 0 Å². The zero-order chi connectivity index (χ0) is 16.8. The van der Waals surface area contributed by atoms with Crippen molar-refractivity contribution in [3.05, 3.63) is 47.3 Å². The average molecular weight is 329 g/mol. The van der Waals surface area contributed by atoms with E-state index in [0.717, 1.165) is 37.1 Å². The van der Waals surface area contributed by atoms with Gasteiger partial charge >= 0.3 is 0 Å². The number of piperidine rings is 1. The smallest absolute Gasteiger partial charge is 0.273 e. The molecule has 1 aliphatic rings. The summed E-state index contributed by atoms with van der Waals surface area (Å²) in [5, 5.41) is 14.3. The van der Waals surface area contributed by atoms with Crippen LogP contribution in [0, 0.1) is 0 Å². The van der Waals surface area contributed by atoms with Crippen molar-refractivity contribution in [2.45, 2.75) is 32.0 Å². The van der Waals surface area contributed by atoms with E-state index in [2.05, 4.69) is 20.9 Å². The fourth-order valence-electron chi connectivity index (χ4n) is 2.90. The first kappa shape index (κ1) is 16.6. The molecule has 7 nitrogen and oxygen atoms in total. The first-order valence-corrected chi connectivity index (χ1v) is 8.24. The maximum atomic E-state index is 12.3. The van der Waals surface area contributed by atoms with Crippen molar-refractivity contribution in [2.24, 2.45) is 0 Å². The highest BCUT2D eigenvalue weighted by Crippen LogP contribution is 2.17. The lowest BCUT2D eigenvalue weighted by Crippen LogP contribution is -2.29. The molecule has 0 unspecified atom stereocenters. The van der Waals surface area contributed by atoms with E-state index in [-0.39, 0.29) is 5.91 Å². The van der Waals surface area contributed by atoms with Crippen LogP contribution in [0.5, 0.6) is 0 Å². The molecule has 7 heteroatoms. The van der Waals surface area contributed by atoms with Gasteiger partial charge in [0.25, 0.3) is 5.91 Å². The van der Waals surface area contributed by atoms with Crippen LogP contribution in [0.2, 0.25) is 0 Å². The fourth-order valence-corrected chi connectivity index (χ4v) is 2.90. The summed E-state index contributed by atoms with van der Waals surface area (Å²) in [7, 11) is 1.67. The summed E-state index contributed by atoms with van der Waals surface area (Å²) in [5.74, 6) is -0.202. The van der Waals surface area contributed by atoms with E-state index in [4.69, 9.17) is 4.74 Å². The Bertz CT molecular complexity index is 679. The number of rotatable bonds is 6. The highest BCUT2D eigenvalue weighted by Gasteiger charge is 2.18. The minimum atomic E-state index is -0.202. The van der Waals surface area contributed by atoms with Crippen LogP contribution in [-0.2, 0) is 17.9 Å². The second kappa shape index (κ2) is 8.03. The van der Waals surface area contributed by atoms with Crippen molar-refractivity contribution in [1.29, 1.82) is 0 Å². The molecule has 0 bridgehead atoms. The second-order valence-corrected chi connectivity index (χ2v) is 6.00. The molecule has 1 amide bonds. The van der Waals surface area contributed by atoms with Gasteiger partial charge in [-0.3, -0.25) is 4.79 Å². The zero-order valence-electron chi connectivity index (χ0n) is 13.9. The molecule has 0 atom stereocenters. The Hall–Kier alpha value is -2.25. The van der Waals surface area contributed by atoms with Gasteiger partial charge in [-0.25, -0.2) is 4.68 Å². The number of aromatic nitrogens is 3. The van der Waals surface area contributed by atoms with Crippen LogP contribution >= 0.6 is 0 Å². The molecule has 128 valence electrons. The Labute approximate surface area is 141 Å². The normalized spacial score (nSPS) is 15.4. The van der Waals surface area contributed by atoms with E-state index in [1.165, 1.54) is 0 Å². The number of methoxy groups -OCH3 is 1. The van der Waals surface area contributed by atoms with Gasteiger partial charge < -0.3 is 15.4 Å². The Morgan fingerprint density at radius 2 is 2.17 bits per heavy atom. The van der Waals surface area contributed by atoms with Crippen molar-refractivity contribution in [3.8, 4) is 0 Å². The summed E-state index contributed by atoms with van der Waals surface area (Å²) in [6.45, 7) is 2.97. The molecule has 1 aromatic carbocycles. The predicted molar refractivity (Wildman–Crippen MR) is 89.5 cm³/mol. The second-order valence-electron chi connectivity index (χ2n) is 6.00. The largest absolute Gasteiger partial charge is 0.380 e. The Morgan fingerprint density at radius 3 is 2.96 bits per heavy atom. The van der Waals surface area contributed by atoms with Crippen LogP contribution in [0.3, 0.4) is 0 Å². The topological polar surface area (TPSA) is 81.1 Å². The summed E-state index contributed by atoms with van der Waals surface area (Å²) in [6.07, 6.45) is 3.76. The molecule has 1 saturated heterocycles. The summed E-state index contributed by atoms with van der Waals surface area (Å²) < 4.78 is 6.94. The van der Waals surface area contributed by atoms with Gasteiger partial charge in [0.05, 0.1) is 18.8 Å². The third-order valence-corrected chi connectivity index (χ3v) is 4.18. The van der Waals surface area contributed by atoms with Crippen LogP contribution in [0.1, 0.15) is 40.5 Å². The fraction of sp³-hybridized carbons (Fsp3) is 0.471. The zero-order valence-corrected chi connectivity index (χ0v) is 13.9. The predicted octanol–water partition coefficient (Wildman–Crippen LogP) is 1.28. The number of amides is 1. The molecule has 3 rings (SSSR count). The van der Waals surface area contributed by atoms with Crippen LogP contribution in [-0.4, -0.2) is 41.1 Å². The van der Waals surface area contributed by atoms with Crippen LogP contribution in [0.25, 0.3) is 0 Å². The van der Waals surface area contributed by atoms with E-state index in [1.54, 1.807) is 13.3 Å². The van der Waals surface area contributed by atoms with E-state index in [0.29, 0.717) is 24.9 Å². The van der Waals surface area contributed by atoms with Gasteiger partial charge in [0, 0.05) is 13.7 Å². The number of carbonyl (C=O) groups excluding carboxylic acids is 1. The Kier molecular flexibility index (Phi) is 5.55. The van der Waals surface area contributed by atoms with Crippen LogP contribution in [0.15, 0.2) is 30.5 Å². The van der Waals surface area contributed by atoms with E-state index in [1.807, 2.05) is 28.9 Å². The molecule has 2 heterocycles. The number of nitrogens with zero attached hydrogens (tertiary/aromatic N) is 3. The molecule has 0 radical (unpaired) electrons. The third-order valence-electron chi connectivity index (χ3n) is 4.18. The summed E-state index contributed by atoms with van der Waals surface area (Å²) in [5.41, 5.74) is 2.48. The number of hydrogen-bond acceptors (Lipinski definition) is 5. The standard InChI is InChI=1S/C17H23N5O2/c1-24-12-14-4-2-3-13(9-14)10-19-17(23)16-11-22(21-20-16)15-5-7-18-8-6-15/h2-4,9,11,15,18H,5-8,10,12H2,1H3,(H,19,23). The minimum absolute atomic E-state index is 0.202. The molecule has 0 saturated carbocycles. The van der Waals surface area contributed by atoms with Crippen molar-refractivity contribution in [3.63, 3.8) is 0 Å². The Morgan fingerprint density at radius 1 is 1.38 bits per heavy atom. The highest BCUT2D eigenvalue weighted by molar-refractivity contribution is 5.91. The first-order valence-electron chi connectivity index (χ1n) is 8.24. The summed E-state index contributed by atoms with van der Waals surface area (Å²) >= 11 is 0. The number of hydrogen-bond donors (Lipinski definition) is 2. The van der Waals surface area contributed by atoms with Crippen LogP contribution < -0.4 is 10.6 Å². The lowest BCUT2D eigenvalue weighted by molar-refractivity contribution is 0.0945. The van der Waals surface area contributed by atoms with Crippen LogP contribution in [0.4, 0.5) is 0 Å². The quantitative estimate of drug-likeness (QED) is 0.834. The Balaban J connectivity index is 1.57. The van der Waals surface area contributed by atoms with Gasteiger partial charge in [0.2, 0.25) is 0 Å². The number of nitrogens with one attached hydrogen (secondary N) is 2. The molecule has 1 fully saturated rings. The lowest BCUT2D eigenvalue weighted by atomic mass is 10.1. The summed E-state index contributed by atoms with van der Waals surface area (Å²) in [4.78, 5) is 12.3. The van der Waals surface area contributed by atoms with Gasteiger partial charge in [-0.15, -0.1) is 5.10 Å². The van der Waals surface area contributed by atoms with Gasteiger partial charge in [-0.1, -0.05) is 29.5 Å². The number of benzene rings is 1. The molecule has 1 aliphatic heterocycles. The van der Waals surface area contributed by atoms with Gasteiger partial charge in [-0.05, 0) is 37.1 Å². The maximum absolute atomic E-state index is 12.3. The molecular weight excluding hydrogens is 306 g/mol. The van der Waals surface area contributed by atoms with Gasteiger partial charge in [0.15, 0.2) is 5.69 Å². The SMILES string of the molecule is COCc1cccc(CNC(=O)c2cn(C3CCNCC3)nn2)c1. The first-order chi connectivity index (χ1) is 11.8. The molecule has 0 spiro atoms. The van der Waals surface area contributed by atoms with Gasteiger partial charge in [0.1, 0.15) is 0 Å². The van der Waals surface area contributed by atoms with Crippen molar-refractivity contribution < 1.29 is 9.53 Å². The van der Waals surface area contributed by atoms with Crippen molar-refractivity contribution in [1.82, 2.24) is 25.6 Å². The third kappa shape index (κ3) is 4.18. The summed E-state index contributed by atoms with van der Waals surface area (Å²) in [6, 6.07) is 8.29. The molecule has 2 aromatic rings.